The van der Waals surface area contributed by atoms with Crippen LogP contribution in [-0.4, -0.2) is 66.4 Å². The standard InChI is InChI=1S/C21H34N6O/c1-7-22-21(23-14-20(25(3)4)18-13-24-27(6)16-18)26(5)15-17-9-11-19(12-10-17)28-8-2/h9-13,16,20H,7-8,14-15H2,1-6H3,(H,22,23). The minimum Gasteiger partial charge on any atom is -0.494 e. The number of hydrogen-bond acceptors (Lipinski definition) is 4. The van der Waals surface area contributed by atoms with Gasteiger partial charge in [0.1, 0.15) is 5.75 Å². The number of nitrogens with one attached hydrogen (secondary N) is 1. The zero-order chi connectivity index (χ0) is 20.5. The molecule has 1 aromatic carbocycles. The van der Waals surface area contributed by atoms with Crippen molar-refractivity contribution in [3.8, 4) is 5.75 Å². The van der Waals surface area contributed by atoms with Gasteiger partial charge in [-0.05, 0) is 45.6 Å². The van der Waals surface area contributed by atoms with Crippen LogP contribution in [0.25, 0.3) is 0 Å². The summed E-state index contributed by atoms with van der Waals surface area (Å²) >= 11 is 0. The van der Waals surface area contributed by atoms with E-state index in [0.29, 0.717) is 13.2 Å². The smallest absolute Gasteiger partial charge is 0.194 e. The van der Waals surface area contributed by atoms with Crippen molar-refractivity contribution in [2.45, 2.75) is 26.4 Å². The molecule has 0 amide bonds. The van der Waals surface area contributed by atoms with Crippen LogP contribution in [0.15, 0.2) is 41.7 Å². The Morgan fingerprint density at radius 1 is 1.21 bits per heavy atom. The van der Waals surface area contributed by atoms with E-state index in [9.17, 15) is 0 Å². The summed E-state index contributed by atoms with van der Waals surface area (Å²) in [5.41, 5.74) is 2.38. The molecule has 2 aromatic rings. The van der Waals surface area contributed by atoms with Crippen molar-refractivity contribution in [1.29, 1.82) is 0 Å². The molecule has 7 nitrogen and oxygen atoms in total. The summed E-state index contributed by atoms with van der Waals surface area (Å²) in [4.78, 5) is 9.22. The van der Waals surface area contributed by atoms with Crippen LogP contribution >= 0.6 is 0 Å². The molecule has 1 atom stereocenters. The van der Waals surface area contributed by atoms with E-state index in [1.807, 2.05) is 37.0 Å². The number of ether oxygens (including phenoxy) is 1. The molecule has 0 spiro atoms. The van der Waals surface area contributed by atoms with Crippen molar-refractivity contribution in [2.24, 2.45) is 12.0 Å². The summed E-state index contributed by atoms with van der Waals surface area (Å²) in [5.74, 6) is 1.80. The minimum atomic E-state index is 0.182. The maximum absolute atomic E-state index is 5.52. The van der Waals surface area contributed by atoms with Crippen molar-refractivity contribution in [3.05, 3.63) is 47.8 Å². The molecule has 1 heterocycles. The fourth-order valence-corrected chi connectivity index (χ4v) is 3.03. The predicted octanol–water partition coefficient (Wildman–Crippen LogP) is 2.52. The molecular formula is C21H34N6O. The average molecular weight is 387 g/mol. The lowest BCUT2D eigenvalue weighted by molar-refractivity contribution is 0.305. The van der Waals surface area contributed by atoms with E-state index in [1.165, 1.54) is 11.1 Å². The Bertz CT molecular complexity index is 738. The Hall–Kier alpha value is -2.54. The number of benzene rings is 1. The van der Waals surface area contributed by atoms with Crippen LogP contribution in [0.1, 0.15) is 31.0 Å². The summed E-state index contributed by atoms with van der Waals surface area (Å²) in [7, 11) is 8.15. The second-order valence-corrected chi connectivity index (χ2v) is 7.05. The third-order valence-corrected chi connectivity index (χ3v) is 4.50. The van der Waals surface area contributed by atoms with Crippen LogP contribution in [-0.2, 0) is 13.6 Å². The second-order valence-electron chi connectivity index (χ2n) is 7.05. The molecule has 0 saturated carbocycles. The summed E-state index contributed by atoms with van der Waals surface area (Å²) in [6, 6.07) is 8.41. The molecule has 0 aliphatic heterocycles. The van der Waals surface area contributed by atoms with Gasteiger partial charge in [-0.2, -0.15) is 5.10 Å². The SMILES string of the molecule is CCNC(=NCC(c1cnn(C)c1)N(C)C)N(C)Cc1ccc(OCC)cc1. The fraction of sp³-hybridized carbons (Fsp3) is 0.524. The van der Waals surface area contributed by atoms with E-state index >= 15 is 0 Å². The number of aryl methyl sites for hydroxylation is 1. The maximum Gasteiger partial charge on any atom is 0.194 e. The molecule has 2 rings (SSSR count). The van der Waals surface area contributed by atoms with Crippen LogP contribution in [0.2, 0.25) is 0 Å². The van der Waals surface area contributed by atoms with Crippen molar-refractivity contribution >= 4 is 5.96 Å². The van der Waals surface area contributed by atoms with Gasteiger partial charge in [-0.3, -0.25) is 9.67 Å². The highest BCUT2D eigenvalue weighted by Crippen LogP contribution is 2.18. The Morgan fingerprint density at radius 3 is 2.46 bits per heavy atom. The van der Waals surface area contributed by atoms with Gasteiger partial charge in [0.2, 0.25) is 0 Å². The molecule has 0 bridgehead atoms. The average Bonchev–Trinajstić information content (AvgIpc) is 3.08. The number of guanidine groups is 1. The molecule has 0 radical (unpaired) electrons. The molecule has 1 N–H and O–H groups in total. The quantitative estimate of drug-likeness (QED) is 0.530. The fourth-order valence-electron chi connectivity index (χ4n) is 3.03. The highest BCUT2D eigenvalue weighted by atomic mass is 16.5. The number of aromatic nitrogens is 2. The van der Waals surface area contributed by atoms with Crippen LogP contribution in [0.5, 0.6) is 5.75 Å². The lowest BCUT2D eigenvalue weighted by Crippen LogP contribution is -2.39. The predicted molar refractivity (Wildman–Crippen MR) is 115 cm³/mol. The molecule has 0 saturated heterocycles. The second kappa shape index (κ2) is 10.7. The summed E-state index contributed by atoms with van der Waals surface area (Å²) in [6.07, 6.45) is 3.97. The summed E-state index contributed by atoms with van der Waals surface area (Å²) < 4.78 is 7.35. The van der Waals surface area contributed by atoms with Gasteiger partial charge in [0.25, 0.3) is 0 Å². The number of nitrogens with zero attached hydrogens (tertiary/aromatic N) is 5. The normalized spacial score (nSPS) is 12.9. The first-order valence-electron chi connectivity index (χ1n) is 9.80. The number of hydrogen-bond donors (Lipinski definition) is 1. The Balaban J connectivity index is 2.08. The molecule has 154 valence electrons. The molecule has 0 aliphatic carbocycles. The highest BCUT2D eigenvalue weighted by molar-refractivity contribution is 5.79. The zero-order valence-corrected chi connectivity index (χ0v) is 18.0. The van der Waals surface area contributed by atoms with Gasteiger partial charge in [-0.25, -0.2) is 0 Å². The minimum absolute atomic E-state index is 0.182. The number of likely N-dealkylation sites (N-methyl/N-ethyl adjacent to an activating group) is 1. The molecule has 0 fully saturated rings. The third-order valence-electron chi connectivity index (χ3n) is 4.50. The molecular weight excluding hydrogens is 352 g/mol. The topological polar surface area (TPSA) is 57.9 Å². The van der Waals surface area contributed by atoms with Crippen LogP contribution in [0, 0.1) is 0 Å². The lowest BCUT2D eigenvalue weighted by Gasteiger charge is -2.25. The highest BCUT2D eigenvalue weighted by Gasteiger charge is 2.16. The summed E-state index contributed by atoms with van der Waals surface area (Å²) in [5, 5.41) is 7.70. The van der Waals surface area contributed by atoms with Gasteiger partial charge in [-0.1, -0.05) is 12.1 Å². The van der Waals surface area contributed by atoms with E-state index in [1.54, 1.807) is 0 Å². The molecule has 0 aliphatic rings. The molecule has 1 aromatic heterocycles. The third kappa shape index (κ3) is 6.27. The van der Waals surface area contributed by atoms with Crippen molar-refractivity contribution in [2.75, 3.05) is 40.8 Å². The van der Waals surface area contributed by atoms with Crippen LogP contribution in [0.3, 0.4) is 0 Å². The van der Waals surface area contributed by atoms with E-state index in [0.717, 1.165) is 24.8 Å². The maximum atomic E-state index is 5.52. The molecule has 1 unspecified atom stereocenters. The van der Waals surface area contributed by atoms with Crippen molar-refractivity contribution in [3.63, 3.8) is 0 Å². The Morgan fingerprint density at radius 2 is 1.93 bits per heavy atom. The van der Waals surface area contributed by atoms with Gasteiger partial charge in [0.05, 0.1) is 25.4 Å². The van der Waals surface area contributed by atoms with Crippen LogP contribution < -0.4 is 10.1 Å². The van der Waals surface area contributed by atoms with Gasteiger partial charge < -0.3 is 19.9 Å². The van der Waals surface area contributed by atoms with Crippen LogP contribution in [0.4, 0.5) is 0 Å². The van der Waals surface area contributed by atoms with Gasteiger partial charge in [-0.15, -0.1) is 0 Å². The number of aliphatic imine (C=N–C) groups is 1. The van der Waals surface area contributed by atoms with E-state index < -0.39 is 0 Å². The Kier molecular flexibility index (Phi) is 8.32. The van der Waals surface area contributed by atoms with Gasteiger partial charge >= 0.3 is 0 Å². The lowest BCUT2D eigenvalue weighted by atomic mass is 10.1. The molecule has 28 heavy (non-hydrogen) atoms. The van der Waals surface area contributed by atoms with Gasteiger partial charge in [0.15, 0.2) is 5.96 Å². The van der Waals surface area contributed by atoms with Crippen molar-refractivity contribution in [1.82, 2.24) is 24.9 Å². The number of rotatable bonds is 9. The first kappa shape index (κ1) is 21.8. The first-order valence-corrected chi connectivity index (χ1v) is 9.80. The van der Waals surface area contributed by atoms with E-state index in [2.05, 4.69) is 66.6 Å². The zero-order valence-electron chi connectivity index (χ0n) is 18.0. The van der Waals surface area contributed by atoms with Gasteiger partial charge in [0, 0.05) is 38.9 Å². The molecule has 7 heteroatoms. The van der Waals surface area contributed by atoms with Crippen molar-refractivity contribution < 1.29 is 4.74 Å². The largest absolute Gasteiger partial charge is 0.494 e. The Labute approximate surface area is 169 Å². The summed E-state index contributed by atoms with van der Waals surface area (Å²) in [6.45, 7) is 7.02. The first-order chi connectivity index (χ1) is 13.4. The van der Waals surface area contributed by atoms with E-state index in [-0.39, 0.29) is 6.04 Å². The monoisotopic (exact) mass is 386 g/mol. The van der Waals surface area contributed by atoms with E-state index in [4.69, 9.17) is 9.73 Å².